The number of carbonyl (C=O) groups is 3. The molecule has 4 atom stereocenters. The van der Waals surface area contributed by atoms with Gasteiger partial charge < -0.3 is 25.0 Å². The van der Waals surface area contributed by atoms with E-state index in [0.717, 1.165) is 31.4 Å². The molecule has 1 saturated heterocycles. The number of aromatic hydroxyl groups is 1. The molecule has 6 rings (SSSR count). The number of carbonyl (C=O) groups excluding carboxylic acids is 1. The van der Waals surface area contributed by atoms with E-state index < -0.39 is 11.9 Å². The molecule has 1 saturated carbocycles. The highest BCUT2D eigenvalue weighted by atomic mass is 16.5. The Balaban J connectivity index is 0.000000164. The number of likely N-dealkylation sites (N-methyl/N-ethyl adjacent to an activating group) is 1. The van der Waals surface area contributed by atoms with E-state index in [0.29, 0.717) is 24.1 Å². The van der Waals surface area contributed by atoms with Crippen LogP contribution in [0.5, 0.6) is 11.5 Å². The minimum atomic E-state index is -1.06. The third-order valence-electron chi connectivity index (χ3n) is 7.76. The molecule has 8 nitrogen and oxygen atoms in total. The van der Waals surface area contributed by atoms with Gasteiger partial charge in [0, 0.05) is 23.4 Å². The van der Waals surface area contributed by atoms with Gasteiger partial charge in [-0.15, -0.1) is 0 Å². The smallest absolute Gasteiger partial charge is 0.335 e. The van der Waals surface area contributed by atoms with Gasteiger partial charge in [0.25, 0.3) is 0 Å². The van der Waals surface area contributed by atoms with Crippen LogP contribution >= 0.6 is 0 Å². The van der Waals surface area contributed by atoms with E-state index in [1.54, 1.807) is 6.07 Å². The van der Waals surface area contributed by atoms with Crippen molar-refractivity contribution < 1.29 is 34.4 Å². The van der Waals surface area contributed by atoms with Crippen LogP contribution in [0, 0.1) is 5.92 Å². The van der Waals surface area contributed by atoms with Crippen molar-refractivity contribution in [2.45, 2.75) is 43.2 Å². The van der Waals surface area contributed by atoms with Gasteiger partial charge in [0.15, 0.2) is 23.4 Å². The number of piperidine rings is 1. The highest BCUT2D eigenvalue weighted by molar-refractivity contribution is 5.91. The summed E-state index contributed by atoms with van der Waals surface area (Å²) in [6.07, 6.45) is 3.18. The molecule has 2 fully saturated rings. The molecule has 4 aliphatic rings. The number of benzene rings is 2. The number of likely N-dealkylation sites (tertiary alicyclic amines) is 1. The molecule has 0 unspecified atom stereocenters. The van der Waals surface area contributed by atoms with Crippen molar-refractivity contribution in [3.05, 3.63) is 58.7 Å². The summed E-state index contributed by atoms with van der Waals surface area (Å²) in [7, 11) is 2.20. The van der Waals surface area contributed by atoms with Gasteiger partial charge in [-0.3, -0.25) is 4.79 Å². The van der Waals surface area contributed by atoms with Crippen LogP contribution in [-0.2, 0) is 16.6 Å². The second-order valence-electron chi connectivity index (χ2n) is 9.29. The Hall–Kier alpha value is -3.39. The van der Waals surface area contributed by atoms with E-state index in [1.165, 1.54) is 29.8 Å². The molecule has 0 amide bonds. The first-order valence-electron chi connectivity index (χ1n) is 11.1. The van der Waals surface area contributed by atoms with E-state index in [2.05, 4.69) is 11.9 Å². The highest BCUT2D eigenvalue weighted by Gasteiger charge is 2.65. The summed E-state index contributed by atoms with van der Waals surface area (Å²) in [6, 6.07) is 9.28. The molecule has 0 aromatic heterocycles. The first kappa shape index (κ1) is 21.5. The zero-order valence-corrected chi connectivity index (χ0v) is 18.2. The zero-order valence-electron chi connectivity index (χ0n) is 18.2. The first-order chi connectivity index (χ1) is 15.7. The van der Waals surface area contributed by atoms with Crippen molar-refractivity contribution in [1.29, 1.82) is 0 Å². The van der Waals surface area contributed by atoms with Crippen molar-refractivity contribution in [2.75, 3.05) is 13.6 Å². The van der Waals surface area contributed by atoms with Crippen LogP contribution in [0.15, 0.2) is 36.4 Å². The Kier molecular flexibility index (Phi) is 4.93. The number of hydrogen-bond acceptors (Lipinski definition) is 6. The number of rotatable bonds is 2. The van der Waals surface area contributed by atoms with E-state index in [-0.39, 0.29) is 34.2 Å². The van der Waals surface area contributed by atoms with Crippen LogP contribution in [0.1, 0.15) is 51.1 Å². The van der Waals surface area contributed by atoms with Gasteiger partial charge in [-0.1, -0.05) is 6.07 Å². The van der Waals surface area contributed by atoms with Crippen LogP contribution in [0.3, 0.4) is 0 Å². The SMILES string of the molecule is CN1CC[C@]23c4c5ccc(O)c4O[C@H]2C(=O)CC[C@H]3[C@H]1C5.O=C(O)c1ccc(C(=O)O)cc1. The van der Waals surface area contributed by atoms with Crippen molar-refractivity contribution in [2.24, 2.45) is 5.92 Å². The maximum Gasteiger partial charge on any atom is 0.335 e. The van der Waals surface area contributed by atoms with Gasteiger partial charge in [0.2, 0.25) is 0 Å². The third kappa shape index (κ3) is 3.12. The molecule has 172 valence electrons. The Morgan fingerprint density at radius 2 is 1.70 bits per heavy atom. The molecular formula is C25H25NO7. The number of ketones is 1. The lowest BCUT2D eigenvalue weighted by Crippen LogP contribution is -2.65. The van der Waals surface area contributed by atoms with Crippen LogP contribution in [0.4, 0.5) is 0 Å². The average molecular weight is 451 g/mol. The second kappa shape index (κ2) is 7.59. The lowest BCUT2D eigenvalue weighted by molar-refractivity contribution is -0.138. The van der Waals surface area contributed by atoms with Crippen molar-refractivity contribution in [1.82, 2.24) is 4.90 Å². The Labute approximate surface area is 190 Å². The van der Waals surface area contributed by atoms with Gasteiger partial charge in [-0.05, 0) is 74.7 Å². The summed E-state index contributed by atoms with van der Waals surface area (Å²) in [5.41, 5.74) is 2.43. The minimum Gasteiger partial charge on any atom is -0.504 e. The summed E-state index contributed by atoms with van der Waals surface area (Å²) in [6.45, 7) is 1.00. The summed E-state index contributed by atoms with van der Waals surface area (Å²) in [5.74, 6) is -0.631. The number of aromatic carboxylic acids is 2. The molecule has 2 aromatic rings. The maximum atomic E-state index is 12.5. The lowest BCUT2D eigenvalue weighted by Gasteiger charge is -2.57. The van der Waals surface area contributed by atoms with Gasteiger partial charge >= 0.3 is 11.9 Å². The second-order valence-corrected chi connectivity index (χ2v) is 9.29. The number of carboxylic acid groups (broad SMARTS) is 2. The third-order valence-corrected chi connectivity index (χ3v) is 7.76. The number of phenols is 1. The number of phenolic OH excluding ortho intramolecular Hbond substituents is 1. The first-order valence-corrected chi connectivity index (χ1v) is 11.1. The standard InChI is InChI=1S/C17H19NO3.C8H6O4/c1-18-7-6-17-10-3-5-13(20)16(17)21-15-12(19)4-2-9(14(15)17)8-11(10)18;9-7(10)5-1-2-6(4-3-5)8(11)12/h2,4,10-11,16,19H,3,5-8H2,1H3;1-4H,(H,9,10)(H,11,12)/t10-,11+,16-,17-;/m0./s1. The van der Waals surface area contributed by atoms with Gasteiger partial charge in [0.1, 0.15) is 0 Å². The Bertz CT molecular complexity index is 1130. The Morgan fingerprint density at radius 1 is 1.06 bits per heavy atom. The van der Waals surface area contributed by atoms with Crippen LogP contribution in [-0.4, -0.2) is 63.7 Å². The maximum absolute atomic E-state index is 12.5. The van der Waals surface area contributed by atoms with Crippen molar-refractivity contribution in [3.63, 3.8) is 0 Å². The van der Waals surface area contributed by atoms with Gasteiger partial charge in [-0.2, -0.15) is 0 Å². The van der Waals surface area contributed by atoms with Crippen molar-refractivity contribution >= 4 is 17.7 Å². The molecule has 2 aromatic carbocycles. The number of nitrogens with zero attached hydrogens (tertiary/aromatic N) is 1. The molecule has 2 bridgehead atoms. The van der Waals surface area contributed by atoms with E-state index in [4.69, 9.17) is 14.9 Å². The summed E-state index contributed by atoms with van der Waals surface area (Å²) in [5, 5.41) is 27.1. The summed E-state index contributed by atoms with van der Waals surface area (Å²) < 4.78 is 6.04. The monoisotopic (exact) mass is 451 g/mol. The number of hydrogen-bond donors (Lipinski definition) is 3. The molecule has 2 heterocycles. The molecule has 2 aliphatic heterocycles. The van der Waals surface area contributed by atoms with E-state index in [1.807, 2.05) is 6.07 Å². The zero-order chi connectivity index (χ0) is 23.5. The molecule has 1 spiro atoms. The fourth-order valence-corrected chi connectivity index (χ4v) is 6.28. The average Bonchev–Trinajstić information content (AvgIpc) is 3.16. The minimum absolute atomic E-state index is 0.0833. The molecule has 2 aliphatic carbocycles. The predicted molar refractivity (Wildman–Crippen MR) is 117 cm³/mol. The molecule has 0 radical (unpaired) electrons. The number of Topliss-reactive ketones (excluding diaryl/α,β-unsaturated/α-hetero) is 1. The fraction of sp³-hybridized carbons (Fsp3) is 0.400. The van der Waals surface area contributed by atoms with Crippen LogP contribution in [0.25, 0.3) is 0 Å². The Morgan fingerprint density at radius 3 is 2.30 bits per heavy atom. The van der Waals surface area contributed by atoms with E-state index in [9.17, 15) is 19.5 Å². The number of carboxylic acids is 2. The largest absolute Gasteiger partial charge is 0.504 e. The quantitative estimate of drug-likeness (QED) is 0.637. The molecule has 8 heteroatoms. The molecule has 3 N–H and O–H groups in total. The normalized spacial score (nSPS) is 28.8. The summed E-state index contributed by atoms with van der Waals surface area (Å²) >= 11 is 0. The highest BCUT2D eigenvalue weighted by Crippen LogP contribution is 2.62. The lowest BCUT2D eigenvalue weighted by atomic mass is 9.52. The predicted octanol–water partition coefficient (Wildman–Crippen LogP) is 2.71. The molecule has 33 heavy (non-hydrogen) atoms. The summed E-state index contributed by atoms with van der Waals surface area (Å²) in [4.78, 5) is 35.6. The van der Waals surface area contributed by atoms with E-state index >= 15 is 0 Å². The fourth-order valence-electron chi connectivity index (χ4n) is 6.28. The molecular weight excluding hydrogens is 426 g/mol. The van der Waals surface area contributed by atoms with Crippen LogP contribution < -0.4 is 4.74 Å². The van der Waals surface area contributed by atoms with Gasteiger partial charge in [-0.25, -0.2) is 9.59 Å². The topological polar surface area (TPSA) is 124 Å². The van der Waals surface area contributed by atoms with Gasteiger partial charge in [0.05, 0.1) is 11.1 Å². The van der Waals surface area contributed by atoms with Crippen LogP contribution in [0.2, 0.25) is 0 Å². The number of ether oxygens (including phenoxy) is 1. The van der Waals surface area contributed by atoms with Crippen molar-refractivity contribution in [3.8, 4) is 11.5 Å².